The van der Waals surface area contributed by atoms with E-state index in [1.54, 1.807) is 6.92 Å². The molecule has 0 saturated carbocycles. The lowest BCUT2D eigenvalue weighted by Crippen LogP contribution is -2.47. The molecule has 0 spiro atoms. The first-order valence-electron chi connectivity index (χ1n) is 3.64. The smallest absolute Gasteiger partial charge is 0.326 e. The third-order valence-corrected chi connectivity index (χ3v) is 1.95. The molecule has 11 heavy (non-hydrogen) atoms. The van der Waals surface area contributed by atoms with Gasteiger partial charge in [-0.3, -0.25) is 4.79 Å². The molecule has 1 fully saturated rings. The summed E-state index contributed by atoms with van der Waals surface area (Å²) in [6.07, 6.45) is 1.21. The quantitative estimate of drug-likeness (QED) is 0.562. The van der Waals surface area contributed by atoms with Crippen molar-refractivity contribution in [3.63, 3.8) is 0 Å². The molecular formula is C7H11NO3. The normalized spacial score (nSPS) is 31.2. The van der Waals surface area contributed by atoms with Crippen LogP contribution in [0.15, 0.2) is 0 Å². The van der Waals surface area contributed by atoms with E-state index in [1.807, 2.05) is 0 Å². The Hall–Kier alpha value is -1.06. The van der Waals surface area contributed by atoms with Crippen molar-refractivity contribution in [2.75, 3.05) is 0 Å². The standard InChI is InChI=1S/C7H11NO3/c1-4-2-3-5(7(10)11)8-6(4)9/h4-5H,2-3H2,1H3,(H,8,9)(H,10,11). The molecule has 1 aliphatic rings. The summed E-state index contributed by atoms with van der Waals surface area (Å²) in [4.78, 5) is 21.3. The average molecular weight is 157 g/mol. The largest absolute Gasteiger partial charge is 0.480 e. The molecule has 0 aromatic heterocycles. The van der Waals surface area contributed by atoms with Crippen molar-refractivity contribution >= 4 is 11.9 Å². The molecule has 62 valence electrons. The van der Waals surface area contributed by atoms with Crippen molar-refractivity contribution in [2.24, 2.45) is 5.92 Å². The SMILES string of the molecule is CC1CCC(C(=O)O)NC1=O. The molecular weight excluding hydrogens is 146 g/mol. The molecule has 0 aromatic rings. The van der Waals surface area contributed by atoms with Gasteiger partial charge in [-0.1, -0.05) is 6.92 Å². The highest BCUT2D eigenvalue weighted by molar-refractivity contribution is 5.86. The highest BCUT2D eigenvalue weighted by atomic mass is 16.4. The summed E-state index contributed by atoms with van der Waals surface area (Å²) >= 11 is 0. The van der Waals surface area contributed by atoms with Crippen molar-refractivity contribution in [3.05, 3.63) is 0 Å². The average Bonchev–Trinajstić information content (AvgIpc) is 1.94. The first-order valence-corrected chi connectivity index (χ1v) is 3.64. The van der Waals surface area contributed by atoms with E-state index in [4.69, 9.17) is 5.11 Å². The van der Waals surface area contributed by atoms with Gasteiger partial charge in [0.05, 0.1) is 0 Å². The zero-order valence-corrected chi connectivity index (χ0v) is 6.33. The Morgan fingerprint density at radius 2 is 2.27 bits per heavy atom. The van der Waals surface area contributed by atoms with Crippen molar-refractivity contribution in [3.8, 4) is 0 Å². The number of hydrogen-bond acceptors (Lipinski definition) is 2. The maximum atomic E-state index is 10.9. The molecule has 1 saturated heterocycles. The third-order valence-electron chi connectivity index (χ3n) is 1.95. The number of carboxylic acids is 1. The van der Waals surface area contributed by atoms with Crippen LogP contribution in [0.25, 0.3) is 0 Å². The van der Waals surface area contributed by atoms with Gasteiger partial charge in [0.1, 0.15) is 6.04 Å². The second kappa shape index (κ2) is 2.90. The molecule has 4 heteroatoms. The van der Waals surface area contributed by atoms with Gasteiger partial charge in [0.15, 0.2) is 0 Å². The zero-order chi connectivity index (χ0) is 8.43. The lowest BCUT2D eigenvalue weighted by atomic mass is 9.96. The summed E-state index contributed by atoms with van der Waals surface area (Å²) in [6, 6.07) is -0.668. The summed E-state index contributed by atoms with van der Waals surface area (Å²) < 4.78 is 0. The molecule has 2 N–H and O–H groups in total. The van der Waals surface area contributed by atoms with Crippen LogP contribution in [0.1, 0.15) is 19.8 Å². The van der Waals surface area contributed by atoms with Gasteiger partial charge in [-0.15, -0.1) is 0 Å². The number of rotatable bonds is 1. The van der Waals surface area contributed by atoms with E-state index in [0.717, 1.165) is 0 Å². The highest BCUT2D eigenvalue weighted by Gasteiger charge is 2.28. The highest BCUT2D eigenvalue weighted by Crippen LogP contribution is 2.14. The lowest BCUT2D eigenvalue weighted by molar-refractivity contribution is -0.144. The maximum Gasteiger partial charge on any atom is 0.326 e. The van der Waals surface area contributed by atoms with Crippen LogP contribution in [0, 0.1) is 5.92 Å². The minimum Gasteiger partial charge on any atom is -0.480 e. The van der Waals surface area contributed by atoms with Crippen LogP contribution < -0.4 is 5.32 Å². The van der Waals surface area contributed by atoms with Crippen LogP contribution in [-0.4, -0.2) is 23.0 Å². The first-order chi connectivity index (χ1) is 5.11. The molecule has 0 radical (unpaired) electrons. The molecule has 4 nitrogen and oxygen atoms in total. The predicted molar refractivity (Wildman–Crippen MR) is 38.0 cm³/mol. The number of piperidine rings is 1. The number of carbonyl (C=O) groups excluding carboxylic acids is 1. The fourth-order valence-electron chi connectivity index (χ4n) is 1.12. The maximum absolute atomic E-state index is 10.9. The molecule has 1 heterocycles. The van der Waals surface area contributed by atoms with Crippen molar-refractivity contribution < 1.29 is 14.7 Å². The van der Waals surface area contributed by atoms with Gasteiger partial charge in [-0.25, -0.2) is 4.79 Å². The number of carboxylic acid groups (broad SMARTS) is 1. The van der Waals surface area contributed by atoms with E-state index in [2.05, 4.69) is 5.32 Å². The fraction of sp³-hybridized carbons (Fsp3) is 0.714. The Labute approximate surface area is 64.6 Å². The van der Waals surface area contributed by atoms with Gasteiger partial charge < -0.3 is 10.4 Å². The van der Waals surface area contributed by atoms with Gasteiger partial charge in [0, 0.05) is 5.92 Å². The van der Waals surface area contributed by atoms with E-state index in [-0.39, 0.29) is 11.8 Å². The number of hydrogen-bond donors (Lipinski definition) is 2. The van der Waals surface area contributed by atoms with Crippen LogP contribution in [0.2, 0.25) is 0 Å². The Kier molecular flexibility index (Phi) is 2.12. The second-order valence-electron chi connectivity index (χ2n) is 2.88. The summed E-state index contributed by atoms with van der Waals surface area (Å²) in [5, 5.41) is 11.0. The molecule has 0 bridgehead atoms. The Bertz CT molecular complexity index is 190. The van der Waals surface area contributed by atoms with Crippen molar-refractivity contribution in [1.29, 1.82) is 0 Å². The summed E-state index contributed by atoms with van der Waals surface area (Å²) in [5.41, 5.74) is 0. The lowest BCUT2D eigenvalue weighted by Gasteiger charge is -2.23. The third kappa shape index (κ3) is 1.69. The number of carbonyl (C=O) groups is 2. The second-order valence-corrected chi connectivity index (χ2v) is 2.88. The monoisotopic (exact) mass is 157 g/mol. The van der Waals surface area contributed by atoms with Crippen molar-refractivity contribution in [2.45, 2.75) is 25.8 Å². The molecule has 0 aromatic carbocycles. The van der Waals surface area contributed by atoms with Gasteiger partial charge in [0.2, 0.25) is 5.91 Å². The Morgan fingerprint density at radius 3 is 2.73 bits per heavy atom. The van der Waals surface area contributed by atoms with E-state index in [1.165, 1.54) is 0 Å². The molecule has 0 aliphatic carbocycles. The van der Waals surface area contributed by atoms with Crippen molar-refractivity contribution in [1.82, 2.24) is 5.32 Å². The minimum absolute atomic E-state index is 0.0365. The molecule has 1 aliphatic heterocycles. The van der Waals surface area contributed by atoms with Crippen LogP contribution in [0.5, 0.6) is 0 Å². The van der Waals surface area contributed by atoms with E-state index < -0.39 is 12.0 Å². The summed E-state index contributed by atoms with van der Waals surface area (Å²) in [6.45, 7) is 1.80. The van der Waals surface area contributed by atoms with Gasteiger partial charge in [-0.2, -0.15) is 0 Å². The molecule has 2 atom stereocenters. The van der Waals surface area contributed by atoms with Crippen LogP contribution in [0.3, 0.4) is 0 Å². The molecule has 1 amide bonds. The van der Waals surface area contributed by atoms with Gasteiger partial charge in [0.25, 0.3) is 0 Å². The predicted octanol–water partition coefficient (Wildman–Crippen LogP) is -0.0143. The number of amides is 1. The van der Waals surface area contributed by atoms with E-state index in [0.29, 0.717) is 12.8 Å². The Balaban J connectivity index is 2.53. The molecule has 2 unspecified atom stereocenters. The van der Waals surface area contributed by atoms with Crippen LogP contribution >= 0.6 is 0 Å². The van der Waals surface area contributed by atoms with Crippen LogP contribution in [-0.2, 0) is 9.59 Å². The van der Waals surface area contributed by atoms with E-state index >= 15 is 0 Å². The topological polar surface area (TPSA) is 66.4 Å². The first kappa shape index (κ1) is 8.04. The van der Waals surface area contributed by atoms with E-state index in [9.17, 15) is 9.59 Å². The number of aliphatic carboxylic acids is 1. The van der Waals surface area contributed by atoms with Crippen LogP contribution in [0.4, 0.5) is 0 Å². The zero-order valence-electron chi connectivity index (χ0n) is 6.33. The molecule has 1 rings (SSSR count). The summed E-state index contributed by atoms with van der Waals surface area (Å²) in [7, 11) is 0. The van der Waals surface area contributed by atoms with Gasteiger partial charge >= 0.3 is 5.97 Å². The number of nitrogens with one attached hydrogen (secondary N) is 1. The van der Waals surface area contributed by atoms with Gasteiger partial charge in [-0.05, 0) is 12.8 Å². The summed E-state index contributed by atoms with van der Waals surface area (Å²) in [5.74, 6) is -1.13. The Morgan fingerprint density at radius 1 is 1.64 bits per heavy atom. The minimum atomic E-state index is -0.940. The fourth-order valence-corrected chi connectivity index (χ4v) is 1.12.